The van der Waals surface area contributed by atoms with Crippen LogP contribution in [0.4, 0.5) is 11.4 Å². The summed E-state index contributed by atoms with van der Waals surface area (Å²) < 4.78 is 12.4. The fraction of sp³-hybridized carbons (Fsp3) is 0.394. The molecule has 0 amide bonds. The molecule has 4 heterocycles. The second-order valence-corrected chi connectivity index (χ2v) is 11.4. The zero-order valence-corrected chi connectivity index (χ0v) is 22.9. The fourth-order valence-electron chi connectivity index (χ4n) is 6.49. The Morgan fingerprint density at radius 3 is 2.23 bits per heavy atom. The number of piperidine rings is 3. The van der Waals surface area contributed by atoms with Gasteiger partial charge in [0.2, 0.25) is 5.78 Å². The number of para-hydroxylation sites is 1. The normalized spacial score (nSPS) is 24.8. The molecule has 1 N–H and O–H groups in total. The molecule has 2 atom stereocenters. The van der Waals surface area contributed by atoms with Crippen molar-refractivity contribution in [3.8, 4) is 0 Å². The van der Waals surface area contributed by atoms with E-state index < -0.39 is 6.04 Å². The van der Waals surface area contributed by atoms with Gasteiger partial charge in [0.05, 0.1) is 26.3 Å². The fourth-order valence-corrected chi connectivity index (χ4v) is 6.49. The largest absolute Gasteiger partial charge is 0.454 e. The lowest BCUT2D eigenvalue weighted by atomic mass is 9.82. The number of ketones is 1. The summed E-state index contributed by atoms with van der Waals surface area (Å²) in [5.41, 5.74) is 3.63. The van der Waals surface area contributed by atoms with Gasteiger partial charge in [-0.1, -0.05) is 48.5 Å². The van der Waals surface area contributed by atoms with Crippen LogP contribution >= 0.6 is 0 Å². The van der Waals surface area contributed by atoms with Gasteiger partial charge in [0.1, 0.15) is 13.1 Å². The Morgan fingerprint density at radius 1 is 0.900 bits per heavy atom. The maximum absolute atomic E-state index is 13.6. The SMILES string of the molecule is O=C(C[N+]12CCC(CC1)[C@@H](OC(=O)[C@H](Nc1ccccc1)c1ccccc1)C2)c1ccc(N2CCOCC2)cc1. The number of esters is 1. The smallest absolute Gasteiger partial charge is 0.333 e. The molecular weight excluding hydrogens is 502 g/mol. The topological polar surface area (TPSA) is 67.9 Å². The molecule has 4 fully saturated rings. The monoisotopic (exact) mass is 540 g/mol. The van der Waals surface area contributed by atoms with Crippen molar-refractivity contribution in [3.63, 3.8) is 0 Å². The van der Waals surface area contributed by atoms with Crippen molar-refractivity contribution in [2.75, 3.05) is 62.7 Å². The molecule has 3 aromatic rings. The van der Waals surface area contributed by atoms with E-state index in [0.717, 1.165) is 74.7 Å². The second kappa shape index (κ2) is 11.8. The van der Waals surface area contributed by atoms with E-state index in [9.17, 15) is 9.59 Å². The van der Waals surface area contributed by atoms with Crippen LogP contribution in [0, 0.1) is 5.92 Å². The molecule has 4 saturated heterocycles. The number of hydrogen-bond donors (Lipinski definition) is 1. The minimum absolute atomic E-state index is 0.159. The predicted molar refractivity (Wildman–Crippen MR) is 155 cm³/mol. The minimum atomic E-state index is -0.598. The molecule has 7 rings (SSSR count). The zero-order valence-electron chi connectivity index (χ0n) is 22.9. The van der Waals surface area contributed by atoms with Crippen molar-refractivity contribution in [2.45, 2.75) is 25.0 Å². The van der Waals surface area contributed by atoms with Crippen LogP contribution in [-0.2, 0) is 14.3 Å². The van der Waals surface area contributed by atoms with Crippen molar-refractivity contribution >= 4 is 23.1 Å². The number of Topliss-reactive ketones (excluding diaryl/α,β-unsaturated/α-hetero) is 1. The van der Waals surface area contributed by atoms with E-state index in [1.165, 1.54) is 0 Å². The molecule has 7 heteroatoms. The molecule has 0 aromatic heterocycles. The molecule has 0 spiro atoms. The highest BCUT2D eigenvalue weighted by Crippen LogP contribution is 2.37. The van der Waals surface area contributed by atoms with Gasteiger partial charge in [-0.2, -0.15) is 0 Å². The number of carbonyl (C=O) groups is 2. The van der Waals surface area contributed by atoms with E-state index >= 15 is 0 Å². The first-order valence-electron chi connectivity index (χ1n) is 14.5. The van der Waals surface area contributed by atoms with Crippen LogP contribution in [0.15, 0.2) is 84.9 Å². The molecular formula is C33H38N3O4+. The van der Waals surface area contributed by atoms with Crippen LogP contribution in [0.1, 0.15) is 34.8 Å². The summed E-state index contributed by atoms with van der Waals surface area (Å²) in [5.74, 6) is 0.240. The van der Waals surface area contributed by atoms with E-state index in [1.807, 2.05) is 72.8 Å². The Hall–Kier alpha value is -3.68. The van der Waals surface area contributed by atoms with E-state index in [-0.39, 0.29) is 17.9 Å². The molecule has 0 saturated carbocycles. The highest BCUT2D eigenvalue weighted by molar-refractivity contribution is 5.97. The maximum Gasteiger partial charge on any atom is 0.333 e. The predicted octanol–water partition coefficient (Wildman–Crippen LogP) is 4.71. The van der Waals surface area contributed by atoms with Gasteiger partial charge in [0.25, 0.3) is 0 Å². The van der Waals surface area contributed by atoms with Crippen LogP contribution in [0.2, 0.25) is 0 Å². The quantitative estimate of drug-likeness (QED) is 0.241. The van der Waals surface area contributed by atoms with Crippen molar-refractivity contribution in [2.24, 2.45) is 5.92 Å². The lowest BCUT2D eigenvalue weighted by molar-refractivity contribution is -0.938. The summed E-state index contributed by atoms with van der Waals surface area (Å²) >= 11 is 0. The molecule has 208 valence electrons. The first-order valence-corrected chi connectivity index (χ1v) is 14.5. The first kappa shape index (κ1) is 26.5. The number of quaternary nitrogens is 1. The number of ether oxygens (including phenoxy) is 2. The second-order valence-electron chi connectivity index (χ2n) is 11.4. The number of nitrogens with one attached hydrogen (secondary N) is 1. The van der Waals surface area contributed by atoms with Gasteiger partial charge in [-0.15, -0.1) is 0 Å². The Bertz CT molecular complexity index is 1280. The van der Waals surface area contributed by atoms with Crippen LogP contribution in [0.25, 0.3) is 0 Å². The number of fused-ring (bicyclic) bond motifs is 3. The highest BCUT2D eigenvalue weighted by Gasteiger charge is 2.49. The summed E-state index contributed by atoms with van der Waals surface area (Å²) in [6.07, 6.45) is 1.77. The molecule has 4 aliphatic heterocycles. The summed E-state index contributed by atoms with van der Waals surface area (Å²) in [4.78, 5) is 29.4. The summed E-state index contributed by atoms with van der Waals surface area (Å²) in [5, 5.41) is 3.38. The highest BCUT2D eigenvalue weighted by atomic mass is 16.5. The molecule has 0 radical (unpaired) electrons. The summed E-state index contributed by atoms with van der Waals surface area (Å²) in [6, 6.07) is 26.9. The van der Waals surface area contributed by atoms with E-state index in [1.54, 1.807) is 0 Å². The van der Waals surface area contributed by atoms with Gasteiger partial charge in [-0.05, 0) is 42.0 Å². The van der Waals surface area contributed by atoms with Gasteiger partial charge in [-0.3, -0.25) is 4.79 Å². The van der Waals surface area contributed by atoms with E-state index in [2.05, 4.69) is 22.3 Å². The Kier molecular flexibility index (Phi) is 7.84. The zero-order chi connectivity index (χ0) is 27.4. The van der Waals surface area contributed by atoms with Crippen molar-refractivity contribution in [1.29, 1.82) is 0 Å². The number of benzene rings is 3. The van der Waals surface area contributed by atoms with E-state index in [4.69, 9.17) is 9.47 Å². The van der Waals surface area contributed by atoms with Gasteiger partial charge in [0, 0.05) is 48.8 Å². The van der Waals surface area contributed by atoms with E-state index in [0.29, 0.717) is 23.5 Å². The molecule has 3 aromatic carbocycles. The van der Waals surface area contributed by atoms with Crippen LogP contribution in [-0.4, -0.2) is 74.8 Å². The van der Waals surface area contributed by atoms with Crippen molar-refractivity contribution < 1.29 is 23.5 Å². The minimum Gasteiger partial charge on any atom is -0.454 e. The van der Waals surface area contributed by atoms with Crippen LogP contribution in [0.3, 0.4) is 0 Å². The molecule has 0 aliphatic carbocycles. The van der Waals surface area contributed by atoms with Crippen LogP contribution < -0.4 is 10.2 Å². The van der Waals surface area contributed by atoms with Crippen molar-refractivity contribution in [1.82, 2.24) is 0 Å². The van der Waals surface area contributed by atoms with Gasteiger partial charge in [0.15, 0.2) is 12.1 Å². The Morgan fingerprint density at radius 2 is 1.55 bits per heavy atom. The molecule has 7 nitrogen and oxygen atoms in total. The number of nitrogens with zero attached hydrogens (tertiary/aromatic N) is 2. The van der Waals surface area contributed by atoms with Crippen molar-refractivity contribution in [3.05, 3.63) is 96.1 Å². The Balaban J connectivity index is 1.12. The molecule has 0 unspecified atom stereocenters. The molecule has 2 bridgehead atoms. The Labute approximate surface area is 236 Å². The lowest BCUT2D eigenvalue weighted by Crippen LogP contribution is -2.65. The third-order valence-electron chi connectivity index (χ3n) is 8.81. The first-order chi connectivity index (χ1) is 19.6. The number of anilines is 2. The number of carbonyl (C=O) groups excluding carboxylic acids is 2. The number of morpholine rings is 1. The third kappa shape index (κ3) is 5.91. The standard InChI is InChI=1S/C33H38N3O4/c37-30(25-11-13-29(14-12-25)35-17-21-39-22-18-35)23-36-19-15-26(16-20-36)31(24-36)40-33(38)32(27-7-3-1-4-8-27)34-28-9-5-2-6-10-28/h1-14,26,31-32,34H,15-24H2/q+1/t26?,31-,32+,36?/m0/s1. The van der Waals surface area contributed by atoms with Crippen LogP contribution in [0.5, 0.6) is 0 Å². The lowest BCUT2D eigenvalue weighted by Gasteiger charge is -2.51. The third-order valence-corrected chi connectivity index (χ3v) is 8.81. The number of hydrogen-bond acceptors (Lipinski definition) is 6. The summed E-state index contributed by atoms with van der Waals surface area (Å²) in [7, 11) is 0. The summed E-state index contributed by atoms with van der Waals surface area (Å²) in [6.45, 7) is 6.29. The average Bonchev–Trinajstić information content (AvgIpc) is 3.01. The average molecular weight is 541 g/mol. The van der Waals surface area contributed by atoms with Gasteiger partial charge in [-0.25, -0.2) is 4.79 Å². The molecule has 40 heavy (non-hydrogen) atoms. The van der Waals surface area contributed by atoms with Gasteiger partial charge >= 0.3 is 5.97 Å². The van der Waals surface area contributed by atoms with Gasteiger partial charge < -0.3 is 24.2 Å². The maximum atomic E-state index is 13.6. The molecule has 4 aliphatic rings. The number of rotatable bonds is 9.